The van der Waals surface area contributed by atoms with Crippen molar-refractivity contribution in [1.29, 1.82) is 0 Å². The standard InChI is InChI=1S/C11H15N7O/c1-17(2)11-13-4-3-9(16-11)5-14-10(19)6-18-8-12-7-15-18/h3-4,7-8H,5-6H2,1-2H3,(H,14,19). The van der Waals surface area contributed by atoms with Crippen LogP contribution in [-0.2, 0) is 17.9 Å². The topological polar surface area (TPSA) is 88.8 Å². The van der Waals surface area contributed by atoms with Crippen LogP contribution in [0.25, 0.3) is 0 Å². The second kappa shape index (κ2) is 5.89. The Balaban J connectivity index is 1.88. The van der Waals surface area contributed by atoms with Crippen molar-refractivity contribution in [3.63, 3.8) is 0 Å². The van der Waals surface area contributed by atoms with Gasteiger partial charge in [-0.15, -0.1) is 0 Å². The fraction of sp³-hybridized carbons (Fsp3) is 0.364. The first-order valence-corrected chi connectivity index (χ1v) is 5.73. The van der Waals surface area contributed by atoms with Crippen LogP contribution in [-0.4, -0.2) is 44.7 Å². The van der Waals surface area contributed by atoms with E-state index in [2.05, 4.69) is 25.4 Å². The molecule has 1 amide bonds. The molecule has 0 spiro atoms. The third kappa shape index (κ3) is 3.73. The van der Waals surface area contributed by atoms with E-state index in [1.54, 1.807) is 17.2 Å². The molecule has 0 unspecified atom stereocenters. The molecule has 0 aromatic carbocycles. The molecule has 2 heterocycles. The predicted molar refractivity (Wildman–Crippen MR) is 68.2 cm³/mol. The first kappa shape index (κ1) is 12.9. The summed E-state index contributed by atoms with van der Waals surface area (Å²) in [6, 6.07) is 1.77. The van der Waals surface area contributed by atoms with E-state index in [9.17, 15) is 4.79 Å². The average Bonchev–Trinajstić information content (AvgIpc) is 2.89. The summed E-state index contributed by atoms with van der Waals surface area (Å²) in [5.41, 5.74) is 0.755. The maximum Gasteiger partial charge on any atom is 0.242 e. The summed E-state index contributed by atoms with van der Waals surface area (Å²) in [5, 5.41) is 6.63. The first-order valence-electron chi connectivity index (χ1n) is 5.73. The monoisotopic (exact) mass is 261 g/mol. The van der Waals surface area contributed by atoms with E-state index in [1.165, 1.54) is 17.3 Å². The van der Waals surface area contributed by atoms with E-state index in [-0.39, 0.29) is 12.5 Å². The number of aromatic nitrogens is 5. The van der Waals surface area contributed by atoms with Crippen molar-refractivity contribution in [3.05, 3.63) is 30.6 Å². The van der Waals surface area contributed by atoms with Gasteiger partial charge in [-0.05, 0) is 6.07 Å². The maximum atomic E-state index is 11.6. The fourth-order valence-electron chi connectivity index (χ4n) is 1.41. The van der Waals surface area contributed by atoms with Crippen LogP contribution in [0.15, 0.2) is 24.9 Å². The molecule has 0 aliphatic carbocycles. The van der Waals surface area contributed by atoms with Gasteiger partial charge in [-0.25, -0.2) is 19.6 Å². The van der Waals surface area contributed by atoms with E-state index in [4.69, 9.17) is 0 Å². The van der Waals surface area contributed by atoms with Gasteiger partial charge in [-0.3, -0.25) is 4.79 Å². The second-order valence-electron chi connectivity index (χ2n) is 4.11. The lowest BCUT2D eigenvalue weighted by Gasteiger charge is -2.11. The molecule has 2 aromatic heterocycles. The number of hydrogen-bond donors (Lipinski definition) is 1. The Morgan fingerprint density at radius 1 is 1.47 bits per heavy atom. The number of anilines is 1. The molecule has 0 aliphatic heterocycles. The van der Waals surface area contributed by atoms with Gasteiger partial charge in [0.2, 0.25) is 11.9 Å². The van der Waals surface area contributed by atoms with Crippen LogP contribution < -0.4 is 10.2 Å². The zero-order chi connectivity index (χ0) is 13.7. The van der Waals surface area contributed by atoms with Crippen LogP contribution in [0.4, 0.5) is 5.95 Å². The SMILES string of the molecule is CN(C)c1nccc(CNC(=O)Cn2cncn2)n1. The normalized spacial score (nSPS) is 10.2. The van der Waals surface area contributed by atoms with Crippen LogP contribution in [0, 0.1) is 0 Å². The largest absolute Gasteiger partial charge is 0.349 e. The van der Waals surface area contributed by atoms with E-state index in [1.807, 2.05) is 14.1 Å². The molecular weight excluding hydrogens is 246 g/mol. The molecular formula is C11H15N7O. The van der Waals surface area contributed by atoms with Crippen LogP contribution in [0.5, 0.6) is 0 Å². The van der Waals surface area contributed by atoms with E-state index < -0.39 is 0 Å². The molecule has 2 aromatic rings. The zero-order valence-electron chi connectivity index (χ0n) is 10.8. The fourth-order valence-corrected chi connectivity index (χ4v) is 1.41. The van der Waals surface area contributed by atoms with Gasteiger partial charge in [-0.2, -0.15) is 5.10 Å². The highest BCUT2D eigenvalue weighted by molar-refractivity contribution is 5.75. The maximum absolute atomic E-state index is 11.6. The van der Waals surface area contributed by atoms with E-state index >= 15 is 0 Å². The molecule has 100 valence electrons. The van der Waals surface area contributed by atoms with Crippen LogP contribution in [0.1, 0.15) is 5.69 Å². The molecule has 0 atom stereocenters. The lowest BCUT2D eigenvalue weighted by atomic mass is 10.4. The molecule has 8 heteroatoms. The number of rotatable bonds is 5. The summed E-state index contributed by atoms with van der Waals surface area (Å²) < 4.78 is 1.46. The number of nitrogens with one attached hydrogen (secondary N) is 1. The van der Waals surface area contributed by atoms with Crippen molar-refractivity contribution in [1.82, 2.24) is 30.0 Å². The summed E-state index contributed by atoms with van der Waals surface area (Å²) in [7, 11) is 3.73. The van der Waals surface area contributed by atoms with Crippen LogP contribution in [0.3, 0.4) is 0 Å². The van der Waals surface area contributed by atoms with Gasteiger partial charge in [0.1, 0.15) is 19.2 Å². The third-order valence-electron chi connectivity index (χ3n) is 2.34. The quantitative estimate of drug-likeness (QED) is 0.777. The smallest absolute Gasteiger partial charge is 0.242 e. The van der Waals surface area contributed by atoms with Crippen LogP contribution in [0.2, 0.25) is 0 Å². The molecule has 1 N–H and O–H groups in total. The molecule has 0 bridgehead atoms. The summed E-state index contributed by atoms with van der Waals surface area (Å²) in [6.07, 6.45) is 4.55. The van der Waals surface area contributed by atoms with Crippen molar-refractivity contribution in [2.24, 2.45) is 0 Å². The third-order valence-corrected chi connectivity index (χ3v) is 2.34. The second-order valence-corrected chi connectivity index (χ2v) is 4.11. The van der Waals surface area contributed by atoms with Crippen molar-refractivity contribution in [2.45, 2.75) is 13.1 Å². The lowest BCUT2D eigenvalue weighted by molar-refractivity contribution is -0.122. The molecule has 0 radical (unpaired) electrons. The summed E-state index contributed by atoms with van der Waals surface area (Å²) in [4.78, 5) is 25.6. The van der Waals surface area contributed by atoms with Crippen molar-refractivity contribution >= 4 is 11.9 Å². The molecule has 8 nitrogen and oxygen atoms in total. The van der Waals surface area contributed by atoms with Gasteiger partial charge in [0.25, 0.3) is 0 Å². The predicted octanol–water partition coefficient (Wildman–Crippen LogP) is -0.549. The van der Waals surface area contributed by atoms with E-state index in [0.717, 1.165) is 5.69 Å². The number of hydrogen-bond acceptors (Lipinski definition) is 6. The van der Waals surface area contributed by atoms with Crippen molar-refractivity contribution in [3.8, 4) is 0 Å². The Hall–Kier alpha value is -2.51. The minimum atomic E-state index is -0.143. The highest BCUT2D eigenvalue weighted by atomic mass is 16.2. The van der Waals surface area contributed by atoms with Gasteiger partial charge >= 0.3 is 0 Å². The summed E-state index contributed by atoms with van der Waals surface area (Å²) >= 11 is 0. The Labute approximate surface area is 110 Å². The Morgan fingerprint density at radius 2 is 2.32 bits per heavy atom. The molecule has 0 saturated heterocycles. The summed E-state index contributed by atoms with van der Waals surface area (Å²) in [6.45, 7) is 0.502. The Morgan fingerprint density at radius 3 is 3.00 bits per heavy atom. The minimum Gasteiger partial charge on any atom is -0.349 e. The number of nitrogens with zero attached hydrogens (tertiary/aromatic N) is 6. The molecule has 0 saturated carbocycles. The number of carbonyl (C=O) groups excluding carboxylic acids is 1. The van der Waals surface area contributed by atoms with E-state index in [0.29, 0.717) is 12.5 Å². The highest BCUT2D eigenvalue weighted by Gasteiger charge is 2.05. The zero-order valence-corrected chi connectivity index (χ0v) is 10.8. The average molecular weight is 261 g/mol. The summed E-state index contributed by atoms with van der Waals surface area (Å²) in [5.74, 6) is 0.471. The van der Waals surface area contributed by atoms with Gasteiger partial charge < -0.3 is 10.2 Å². The molecule has 0 aliphatic rings. The number of carbonyl (C=O) groups is 1. The minimum absolute atomic E-state index is 0.143. The number of amides is 1. The Kier molecular flexibility index (Phi) is 4.01. The highest BCUT2D eigenvalue weighted by Crippen LogP contribution is 2.02. The van der Waals surface area contributed by atoms with Crippen LogP contribution >= 0.6 is 0 Å². The van der Waals surface area contributed by atoms with Crippen molar-refractivity contribution < 1.29 is 4.79 Å². The van der Waals surface area contributed by atoms with Gasteiger partial charge in [0, 0.05) is 20.3 Å². The van der Waals surface area contributed by atoms with Gasteiger partial charge in [0.15, 0.2) is 0 Å². The molecule has 2 rings (SSSR count). The first-order chi connectivity index (χ1) is 9.15. The lowest BCUT2D eigenvalue weighted by Crippen LogP contribution is -2.28. The molecule has 19 heavy (non-hydrogen) atoms. The Bertz CT molecular complexity index is 538. The van der Waals surface area contributed by atoms with Crippen molar-refractivity contribution in [2.75, 3.05) is 19.0 Å². The molecule has 0 fully saturated rings. The van der Waals surface area contributed by atoms with Gasteiger partial charge in [-0.1, -0.05) is 0 Å². The van der Waals surface area contributed by atoms with Gasteiger partial charge in [0.05, 0.1) is 12.2 Å².